The lowest BCUT2D eigenvalue weighted by atomic mass is 9.95. The number of hydrogen-bond donors (Lipinski definition) is 1. The molecule has 0 spiro atoms. The van der Waals surface area contributed by atoms with Gasteiger partial charge in [0, 0.05) is 11.8 Å². The first-order chi connectivity index (χ1) is 10.9. The fourth-order valence-electron chi connectivity index (χ4n) is 2.59. The lowest BCUT2D eigenvalue weighted by Gasteiger charge is -2.13. The second kappa shape index (κ2) is 7.59. The van der Waals surface area contributed by atoms with Gasteiger partial charge in [-0.05, 0) is 45.1 Å². The van der Waals surface area contributed by atoms with E-state index in [0.29, 0.717) is 10.6 Å². The second-order valence-electron chi connectivity index (χ2n) is 5.38. The summed E-state index contributed by atoms with van der Waals surface area (Å²) in [5.41, 5.74) is 1.44. The Kier molecular flexibility index (Phi) is 5.76. The maximum Gasteiger partial charge on any atom is 0.341 e. The Bertz CT molecular complexity index is 622. The van der Waals surface area contributed by atoms with Crippen molar-refractivity contribution in [2.45, 2.75) is 52.6 Å². The molecule has 1 aliphatic carbocycles. The van der Waals surface area contributed by atoms with Crippen LogP contribution in [0.25, 0.3) is 0 Å². The fraction of sp³-hybridized carbons (Fsp3) is 0.562. The molecule has 126 valence electrons. The van der Waals surface area contributed by atoms with Crippen molar-refractivity contribution in [1.82, 2.24) is 0 Å². The van der Waals surface area contributed by atoms with Crippen LogP contribution in [0.4, 0.5) is 5.00 Å². The second-order valence-corrected chi connectivity index (χ2v) is 6.48. The highest BCUT2D eigenvalue weighted by Gasteiger charge is 2.28. The highest BCUT2D eigenvalue weighted by atomic mass is 32.1. The predicted octanol–water partition coefficient (Wildman–Crippen LogP) is 2.69. The molecule has 0 saturated carbocycles. The topological polar surface area (TPSA) is 81.7 Å². The number of aryl methyl sites for hydroxylation is 1. The lowest BCUT2D eigenvalue weighted by Crippen LogP contribution is -2.29. The number of anilines is 1. The van der Waals surface area contributed by atoms with Crippen molar-refractivity contribution in [1.29, 1.82) is 0 Å². The minimum atomic E-state index is -0.915. The molecule has 23 heavy (non-hydrogen) atoms. The molecular weight excluding hydrogens is 318 g/mol. The van der Waals surface area contributed by atoms with Gasteiger partial charge in [0.25, 0.3) is 5.91 Å². The van der Waals surface area contributed by atoms with Crippen LogP contribution in [-0.2, 0) is 31.9 Å². The molecule has 1 heterocycles. The SMILES string of the molecule is CCOC(=O)c1c(NC(=O)C(C)OC(C)=O)sc2c1CCCC2. The van der Waals surface area contributed by atoms with Crippen molar-refractivity contribution in [2.24, 2.45) is 0 Å². The number of carbonyl (C=O) groups is 3. The Balaban J connectivity index is 2.26. The van der Waals surface area contributed by atoms with E-state index in [1.54, 1.807) is 6.92 Å². The predicted molar refractivity (Wildman–Crippen MR) is 86.8 cm³/mol. The first kappa shape index (κ1) is 17.5. The molecule has 1 aliphatic rings. The van der Waals surface area contributed by atoms with Gasteiger partial charge in [0.05, 0.1) is 12.2 Å². The largest absolute Gasteiger partial charge is 0.462 e. The van der Waals surface area contributed by atoms with Gasteiger partial charge in [0.1, 0.15) is 5.00 Å². The number of fused-ring (bicyclic) bond motifs is 1. The zero-order valence-corrected chi connectivity index (χ0v) is 14.4. The highest BCUT2D eigenvalue weighted by Crippen LogP contribution is 2.38. The van der Waals surface area contributed by atoms with Crippen molar-refractivity contribution in [3.05, 3.63) is 16.0 Å². The van der Waals surface area contributed by atoms with Gasteiger partial charge in [-0.3, -0.25) is 9.59 Å². The minimum absolute atomic E-state index is 0.278. The number of esters is 2. The molecule has 1 aromatic heterocycles. The summed E-state index contributed by atoms with van der Waals surface area (Å²) >= 11 is 1.41. The van der Waals surface area contributed by atoms with Crippen LogP contribution in [0.3, 0.4) is 0 Å². The number of thiophene rings is 1. The van der Waals surface area contributed by atoms with Crippen LogP contribution in [0.5, 0.6) is 0 Å². The summed E-state index contributed by atoms with van der Waals surface area (Å²) in [6.45, 7) is 4.77. The van der Waals surface area contributed by atoms with Crippen LogP contribution in [-0.4, -0.2) is 30.6 Å². The third kappa shape index (κ3) is 4.10. The van der Waals surface area contributed by atoms with Gasteiger partial charge >= 0.3 is 11.9 Å². The molecule has 1 atom stereocenters. The Morgan fingerprint density at radius 3 is 2.61 bits per heavy atom. The number of carbonyl (C=O) groups excluding carboxylic acids is 3. The fourth-order valence-corrected chi connectivity index (χ4v) is 3.87. The van der Waals surface area contributed by atoms with E-state index in [-0.39, 0.29) is 6.61 Å². The molecule has 1 amide bonds. The number of nitrogens with one attached hydrogen (secondary N) is 1. The normalized spacial score (nSPS) is 14.6. The Labute approximate surface area is 139 Å². The average molecular weight is 339 g/mol. The van der Waals surface area contributed by atoms with E-state index >= 15 is 0 Å². The third-order valence-electron chi connectivity index (χ3n) is 3.60. The van der Waals surface area contributed by atoms with Crippen molar-refractivity contribution in [3.8, 4) is 0 Å². The summed E-state index contributed by atoms with van der Waals surface area (Å²) in [5.74, 6) is -1.39. The number of hydrogen-bond acceptors (Lipinski definition) is 6. The lowest BCUT2D eigenvalue weighted by molar-refractivity contribution is -0.150. The summed E-state index contributed by atoms with van der Waals surface area (Å²) in [4.78, 5) is 36.5. The zero-order chi connectivity index (χ0) is 17.0. The van der Waals surface area contributed by atoms with Crippen LogP contribution in [0, 0.1) is 0 Å². The molecule has 0 aromatic carbocycles. The summed E-state index contributed by atoms with van der Waals surface area (Å²) in [7, 11) is 0. The monoisotopic (exact) mass is 339 g/mol. The van der Waals surface area contributed by atoms with Crippen LogP contribution >= 0.6 is 11.3 Å². The number of rotatable bonds is 5. The summed E-state index contributed by atoms with van der Waals surface area (Å²) in [6, 6.07) is 0. The van der Waals surface area contributed by atoms with E-state index in [9.17, 15) is 14.4 Å². The average Bonchev–Trinajstić information content (AvgIpc) is 2.84. The van der Waals surface area contributed by atoms with E-state index < -0.39 is 23.9 Å². The quantitative estimate of drug-likeness (QED) is 0.834. The Morgan fingerprint density at radius 2 is 1.96 bits per heavy atom. The van der Waals surface area contributed by atoms with Crippen LogP contribution in [0.15, 0.2) is 0 Å². The van der Waals surface area contributed by atoms with Crippen molar-refractivity contribution in [3.63, 3.8) is 0 Å². The molecule has 0 saturated heterocycles. The molecule has 2 rings (SSSR count). The smallest absolute Gasteiger partial charge is 0.341 e. The van der Waals surface area contributed by atoms with Gasteiger partial charge < -0.3 is 14.8 Å². The Hall–Kier alpha value is -1.89. The standard InChI is InChI=1S/C16H21NO5S/c1-4-21-16(20)13-11-7-5-6-8-12(11)23-15(13)17-14(19)9(2)22-10(3)18/h9H,4-8H2,1-3H3,(H,17,19). The van der Waals surface area contributed by atoms with E-state index in [1.807, 2.05) is 0 Å². The molecule has 0 bridgehead atoms. The van der Waals surface area contributed by atoms with Gasteiger partial charge in [-0.15, -0.1) is 11.3 Å². The molecule has 0 radical (unpaired) electrons. The molecule has 0 aliphatic heterocycles. The first-order valence-electron chi connectivity index (χ1n) is 7.73. The molecule has 6 nitrogen and oxygen atoms in total. The molecular formula is C16H21NO5S. The van der Waals surface area contributed by atoms with Gasteiger partial charge in [-0.25, -0.2) is 4.79 Å². The zero-order valence-electron chi connectivity index (χ0n) is 13.6. The van der Waals surface area contributed by atoms with Gasteiger partial charge in [0.2, 0.25) is 0 Å². The maximum absolute atomic E-state index is 12.3. The summed E-state index contributed by atoms with van der Waals surface area (Å²) in [5, 5.41) is 3.20. The summed E-state index contributed by atoms with van der Waals surface area (Å²) < 4.78 is 10.0. The van der Waals surface area contributed by atoms with E-state index in [4.69, 9.17) is 9.47 Å². The molecule has 1 N–H and O–H groups in total. The molecule has 0 fully saturated rings. The van der Waals surface area contributed by atoms with E-state index in [1.165, 1.54) is 25.2 Å². The molecule has 1 unspecified atom stereocenters. The first-order valence-corrected chi connectivity index (χ1v) is 8.55. The van der Waals surface area contributed by atoms with E-state index in [0.717, 1.165) is 36.1 Å². The van der Waals surface area contributed by atoms with Crippen LogP contribution < -0.4 is 5.32 Å². The van der Waals surface area contributed by atoms with Crippen molar-refractivity contribution < 1.29 is 23.9 Å². The number of ether oxygens (including phenoxy) is 2. The molecule has 1 aromatic rings. The Morgan fingerprint density at radius 1 is 1.26 bits per heavy atom. The van der Waals surface area contributed by atoms with Crippen molar-refractivity contribution in [2.75, 3.05) is 11.9 Å². The van der Waals surface area contributed by atoms with Gasteiger partial charge in [-0.1, -0.05) is 0 Å². The highest BCUT2D eigenvalue weighted by molar-refractivity contribution is 7.17. The molecule has 7 heteroatoms. The van der Waals surface area contributed by atoms with Gasteiger partial charge in [0.15, 0.2) is 6.10 Å². The minimum Gasteiger partial charge on any atom is -0.462 e. The summed E-state index contributed by atoms with van der Waals surface area (Å²) in [6.07, 6.45) is 2.90. The third-order valence-corrected chi connectivity index (χ3v) is 4.81. The van der Waals surface area contributed by atoms with Crippen LogP contribution in [0.1, 0.15) is 54.4 Å². The maximum atomic E-state index is 12.3. The van der Waals surface area contributed by atoms with Crippen molar-refractivity contribution >= 4 is 34.2 Å². The number of amides is 1. The van der Waals surface area contributed by atoms with Crippen LogP contribution in [0.2, 0.25) is 0 Å². The van der Waals surface area contributed by atoms with Gasteiger partial charge in [-0.2, -0.15) is 0 Å². The van der Waals surface area contributed by atoms with E-state index in [2.05, 4.69) is 5.32 Å².